The average molecular weight is 615 g/mol. The minimum absolute atomic E-state index is 0.457. The third-order valence-electron chi connectivity index (χ3n) is 10.5. The van der Waals surface area contributed by atoms with Crippen LogP contribution >= 0.6 is 0 Å². The summed E-state index contributed by atoms with van der Waals surface area (Å²) in [5.74, 6) is 0.915. The fourth-order valence-electron chi connectivity index (χ4n) is 8.11. The summed E-state index contributed by atoms with van der Waals surface area (Å²) in [4.78, 5) is 0. The normalized spacial score (nSPS) is 12.1. The van der Waals surface area contributed by atoms with Crippen LogP contribution in [0.5, 0.6) is 0 Å². The van der Waals surface area contributed by atoms with Crippen LogP contribution in [0.1, 0.15) is 50.7 Å². The molecule has 0 spiro atoms. The maximum absolute atomic E-state index is 2.44. The molecular formula is C48H38. The Balaban J connectivity index is 1.39. The molecule has 0 nitrogen and oxygen atoms in total. The van der Waals surface area contributed by atoms with Crippen LogP contribution in [0.25, 0.3) is 87.2 Å². The number of fused-ring (bicyclic) bond motifs is 2. The summed E-state index contributed by atoms with van der Waals surface area (Å²) in [7, 11) is 0. The van der Waals surface area contributed by atoms with E-state index in [1.54, 1.807) is 0 Å². The van der Waals surface area contributed by atoms with Crippen LogP contribution in [0.2, 0.25) is 0 Å². The number of hydrogen-bond donors (Lipinski definition) is 0. The second-order valence-electron chi connectivity index (χ2n) is 14.1. The molecule has 0 fully saturated rings. The molecule has 0 saturated heterocycles. The van der Waals surface area contributed by atoms with E-state index in [0.717, 1.165) is 0 Å². The first-order valence-electron chi connectivity index (χ1n) is 17.3. The Bertz CT molecular complexity index is 2570. The molecule has 0 heterocycles. The quantitative estimate of drug-likeness (QED) is 0.134. The molecule has 0 amide bonds. The molecule has 0 bridgehead atoms. The lowest BCUT2D eigenvalue weighted by molar-refractivity contribution is 0.835. The highest BCUT2D eigenvalue weighted by molar-refractivity contribution is 6.30. The Labute approximate surface area is 282 Å². The zero-order valence-electron chi connectivity index (χ0n) is 28.0. The minimum Gasteiger partial charge on any atom is -0.0622 e. The van der Waals surface area contributed by atoms with Crippen molar-refractivity contribution in [2.75, 3.05) is 0 Å². The van der Waals surface area contributed by atoms with Gasteiger partial charge in [-0.3, -0.25) is 0 Å². The zero-order valence-corrected chi connectivity index (χ0v) is 28.0. The molecule has 9 rings (SSSR count). The van der Waals surface area contributed by atoms with E-state index in [-0.39, 0.29) is 0 Å². The summed E-state index contributed by atoms with van der Waals surface area (Å²) in [6, 6.07) is 54.8. The van der Waals surface area contributed by atoms with E-state index in [9.17, 15) is 0 Å². The van der Waals surface area contributed by atoms with E-state index in [2.05, 4.69) is 173 Å². The highest BCUT2D eigenvalue weighted by atomic mass is 14.2. The first-order chi connectivity index (χ1) is 23.5. The Kier molecular flexibility index (Phi) is 6.63. The molecule has 0 aliphatic rings. The van der Waals surface area contributed by atoms with Crippen molar-refractivity contribution in [2.24, 2.45) is 0 Å². The van der Waals surface area contributed by atoms with Gasteiger partial charge in [-0.15, -0.1) is 0 Å². The van der Waals surface area contributed by atoms with Gasteiger partial charge in [0.05, 0.1) is 0 Å². The van der Waals surface area contributed by atoms with Crippen molar-refractivity contribution in [3.63, 3.8) is 0 Å². The molecule has 9 aromatic carbocycles. The van der Waals surface area contributed by atoms with Gasteiger partial charge in [-0.2, -0.15) is 0 Å². The lowest BCUT2D eigenvalue weighted by atomic mass is 9.82. The average Bonchev–Trinajstić information content (AvgIpc) is 3.13. The highest BCUT2D eigenvalue weighted by Gasteiger charge is 2.21. The third kappa shape index (κ3) is 4.36. The van der Waals surface area contributed by atoms with Crippen molar-refractivity contribution in [1.29, 1.82) is 0 Å². The SMILES string of the molecule is CC(C)c1cc(-c2c3ccccc3c(-c3ccc4ccc5c(-c6ccccc6)ccc6ccc3c4c65)c3ccccc23)cc(C(C)C)c1. The first kappa shape index (κ1) is 28.7. The zero-order chi connectivity index (χ0) is 32.5. The van der Waals surface area contributed by atoms with E-state index < -0.39 is 0 Å². The molecule has 0 aromatic heterocycles. The Morgan fingerprint density at radius 1 is 0.333 bits per heavy atom. The van der Waals surface area contributed by atoms with E-state index in [1.165, 1.54) is 98.4 Å². The van der Waals surface area contributed by atoms with E-state index in [1.807, 2.05) is 0 Å². The maximum Gasteiger partial charge on any atom is -0.00201 e. The monoisotopic (exact) mass is 614 g/mol. The second kappa shape index (κ2) is 11.1. The lowest BCUT2D eigenvalue weighted by Crippen LogP contribution is -1.97. The summed E-state index contributed by atoms with van der Waals surface area (Å²) < 4.78 is 0. The molecule has 48 heavy (non-hydrogen) atoms. The Hall–Kier alpha value is -5.46. The highest BCUT2D eigenvalue weighted by Crippen LogP contribution is 2.48. The third-order valence-corrected chi connectivity index (χ3v) is 10.5. The van der Waals surface area contributed by atoms with Crippen LogP contribution in [0.3, 0.4) is 0 Å². The Morgan fingerprint density at radius 3 is 1.29 bits per heavy atom. The van der Waals surface area contributed by atoms with Crippen molar-refractivity contribution in [1.82, 2.24) is 0 Å². The van der Waals surface area contributed by atoms with Crippen LogP contribution in [0, 0.1) is 0 Å². The van der Waals surface area contributed by atoms with Gasteiger partial charge in [0.1, 0.15) is 0 Å². The van der Waals surface area contributed by atoms with Gasteiger partial charge in [0.15, 0.2) is 0 Å². The predicted octanol–water partition coefficient (Wildman–Crippen LogP) is 14.1. The van der Waals surface area contributed by atoms with Crippen molar-refractivity contribution < 1.29 is 0 Å². The van der Waals surface area contributed by atoms with Gasteiger partial charge in [-0.25, -0.2) is 0 Å². The van der Waals surface area contributed by atoms with Gasteiger partial charge in [-0.05, 0) is 110 Å². The predicted molar refractivity (Wildman–Crippen MR) is 210 cm³/mol. The standard InChI is InChI=1S/C48H38/c1-29(2)34-26-35(30(3)4)28-36(27-34)45-38-14-8-10-16-40(38)48(41-17-11-9-15-39(41)45)44-25-21-33-19-23-42-37(31-12-6-5-7-13-31)22-18-32-20-24-43(44)47(33)46(32)42/h5-30H,1-4H3. The molecular weight excluding hydrogens is 577 g/mol. The van der Waals surface area contributed by atoms with Gasteiger partial charge in [0.2, 0.25) is 0 Å². The molecule has 230 valence electrons. The van der Waals surface area contributed by atoms with Crippen molar-refractivity contribution in [3.8, 4) is 33.4 Å². The van der Waals surface area contributed by atoms with E-state index in [4.69, 9.17) is 0 Å². The number of benzene rings is 9. The van der Waals surface area contributed by atoms with Crippen molar-refractivity contribution >= 4 is 53.9 Å². The molecule has 0 radical (unpaired) electrons. The van der Waals surface area contributed by atoms with Gasteiger partial charge in [-0.1, -0.05) is 173 Å². The fraction of sp³-hybridized carbons (Fsp3) is 0.125. The molecule has 0 aliphatic carbocycles. The lowest BCUT2D eigenvalue weighted by Gasteiger charge is -2.21. The Morgan fingerprint density at radius 2 is 0.771 bits per heavy atom. The van der Waals surface area contributed by atoms with Gasteiger partial charge in [0, 0.05) is 0 Å². The molecule has 0 N–H and O–H groups in total. The molecule has 0 saturated carbocycles. The van der Waals surface area contributed by atoms with Crippen LogP contribution in [-0.4, -0.2) is 0 Å². The van der Waals surface area contributed by atoms with E-state index >= 15 is 0 Å². The molecule has 0 atom stereocenters. The molecule has 0 unspecified atom stereocenters. The summed E-state index contributed by atoms with van der Waals surface area (Å²) in [6.07, 6.45) is 0. The van der Waals surface area contributed by atoms with Crippen LogP contribution in [-0.2, 0) is 0 Å². The van der Waals surface area contributed by atoms with Gasteiger partial charge >= 0.3 is 0 Å². The molecule has 9 aromatic rings. The summed E-state index contributed by atoms with van der Waals surface area (Å²) in [6.45, 7) is 9.22. The largest absolute Gasteiger partial charge is 0.0622 e. The van der Waals surface area contributed by atoms with E-state index in [0.29, 0.717) is 11.8 Å². The fourth-order valence-corrected chi connectivity index (χ4v) is 8.11. The van der Waals surface area contributed by atoms with Gasteiger partial charge < -0.3 is 0 Å². The topological polar surface area (TPSA) is 0 Å². The van der Waals surface area contributed by atoms with Gasteiger partial charge in [0.25, 0.3) is 0 Å². The summed E-state index contributed by atoms with van der Waals surface area (Å²) in [5.41, 5.74) is 10.6. The minimum atomic E-state index is 0.457. The molecule has 0 heteroatoms. The van der Waals surface area contributed by atoms with Crippen LogP contribution < -0.4 is 0 Å². The smallest absolute Gasteiger partial charge is 0.00201 e. The maximum atomic E-state index is 2.44. The first-order valence-corrected chi connectivity index (χ1v) is 17.3. The van der Waals surface area contributed by atoms with Crippen molar-refractivity contribution in [2.45, 2.75) is 39.5 Å². The molecule has 0 aliphatic heterocycles. The number of rotatable bonds is 5. The van der Waals surface area contributed by atoms with Crippen LogP contribution in [0.4, 0.5) is 0 Å². The number of hydrogen-bond acceptors (Lipinski definition) is 0. The van der Waals surface area contributed by atoms with Crippen LogP contribution in [0.15, 0.2) is 146 Å². The van der Waals surface area contributed by atoms with Crippen molar-refractivity contribution in [3.05, 3.63) is 157 Å². The second-order valence-corrected chi connectivity index (χ2v) is 14.1. The summed E-state index contributed by atoms with van der Waals surface area (Å²) in [5, 5.41) is 13.1. The summed E-state index contributed by atoms with van der Waals surface area (Å²) >= 11 is 0.